The van der Waals surface area contributed by atoms with Gasteiger partial charge in [0.05, 0.1) is 24.8 Å². The largest absolute Gasteiger partial charge is 0.341 e. The molecule has 0 unspecified atom stereocenters. The van der Waals surface area contributed by atoms with Crippen molar-refractivity contribution in [1.82, 2.24) is 27.4 Å². The third-order valence-electron chi connectivity index (χ3n) is 5.79. The van der Waals surface area contributed by atoms with E-state index >= 15 is 0 Å². The fourth-order valence-corrected chi connectivity index (χ4v) is 4.64. The quantitative estimate of drug-likeness (QED) is 0.450. The molecule has 0 amide bonds. The minimum atomic E-state index is -0.421. The Balaban J connectivity index is 1.69. The van der Waals surface area contributed by atoms with E-state index in [9.17, 15) is 9.59 Å². The number of nitrogens with two attached hydrogens (primary N) is 1. The number of imidazole rings is 1. The zero-order valence-corrected chi connectivity index (χ0v) is 18.6. The van der Waals surface area contributed by atoms with Gasteiger partial charge in [0.1, 0.15) is 11.0 Å². The number of aryl methyl sites for hydroxylation is 1. The fraction of sp³-hybridized carbons (Fsp3) is 0.381. The second kappa shape index (κ2) is 7.89. The van der Waals surface area contributed by atoms with E-state index in [4.69, 9.17) is 5.73 Å². The first-order chi connectivity index (χ1) is 15.5. The number of fused-ring (bicyclic) bond motifs is 2. The number of anilines is 1. The summed E-state index contributed by atoms with van der Waals surface area (Å²) < 4.78 is 12.9. The van der Waals surface area contributed by atoms with Gasteiger partial charge in [-0.1, -0.05) is 12.0 Å². The molecule has 4 aromatic rings. The van der Waals surface area contributed by atoms with Crippen molar-refractivity contribution in [1.29, 1.82) is 0 Å². The molecular formula is C21H22N8O2S. The van der Waals surface area contributed by atoms with Crippen molar-refractivity contribution in [3.8, 4) is 11.8 Å². The lowest BCUT2D eigenvalue weighted by Crippen LogP contribution is -2.40. The first-order valence-electron chi connectivity index (χ1n) is 10.3. The molecule has 10 nitrogen and oxygen atoms in total. The zero-order chi connectivity index (χ0) is 22.4. The number of hydrogen-bond acceptors (Lipinski definition) is 8. The van der Waals surface area contributed by atoms with E-state index in [2.05, 4.69) is 30.5 Å². The molecule has 1 aliphatic heterocycles. The van der Waals surface area contributed by atoms with Crippen molar-refractivity contribution in [2.45, 2.75) is 32.5 Å². The second-order valence-electron chi connectivity index (χ2n) is 7.91. The molecule has 1 aromatic carbocycles. The highest BCUT2D eigenvalue weighted by Crippen LogP contribution is 2.23. The van der Waals surface area contributed by atoms with Crippen LogP contribution in [0.2, 0.25) is 0 Å². The lowest BCUT2D eigenvalue weighted by molar-refractivity contribution is 0.654. The van der Waals surface area contributed by atoms with Crippen molar-refractivity contribution in [3.63, 3.8) is 0 Å². The predicted molar refractivity (Wildman–Crippen MR) is 124 cm³/mol. The number of rotatable bonds is 4. The molecule has 0 bridgehead atoms. The number of benzene rings is 1. The summed E-state index contributed by atoms with van der Waals surface area (Å²) in [6, 6.07) is 5.61. The Morgan fingerprint density at radius 1 is 1.22 bits per heavy atom. The van der Waals surface area contributed by atoms with Gasteiger partial charge in [0, 0.05) is 26.2 Å². The van der Waals surface area contributed by atoms with Crippen LogP contribution in [0.3, 0.4) is 0 Å². The molecular weight excluding hydrogens is 428 g/mol. The third-order valence-corrected chi connectivity index (χ3v) is 6.35. The van der Waals surface area contributed by atoms with Crippen molar-refractivity contribution in [2.75, 3.05) is 18.0 Å². The Labute approximate surface area is 187 Å². The van der Waals surface area contributed by atoms with Crippen LogP contribution in [-0.4, -0.2) is 46.6 Å². The Bertz CT molecular complexity index is 1520. The van der Waals surface area contributed by atoms with Gasteiger partial charge in [-0.25, -0.2) is 4.79 Å². The van der Waals surface area contributed by atoms with E-state index in [0.717, 1.165) is 41.3 Å². The van der Waals surface area contributed by atoms with E-state index in [1.807, 2.05) is 18.2 Å². The molecule has 5 rings (SSSR count). The highest BCUT2D eigenvalue weighted by atomic mass is 32.1. The maximum atomic E-state index is 13.6. The van der Waals surface area contributed by atoms with Crippen molar-refractivity contribution in [3.05, 3.63) is 44.6 Å². The van der Waals surface area contributed by atoms with Crippen LogP contribution in [0.15, 0.2) is 27.8 Å². The summed E-state index contributed by atoms with van der Waals surface area (Å²) in [6.45, 7) is 3.57. The lowest BCUT2D eigenvalue weighted by atomic mass is 10.2. The maximum Gasteiger partial charge on any atom is 0.332 e. The number of nitrogens with zero attached hydrogens (tertiary/aromatic N) is 7. The van der Waals surface area contributed by atoms with Gasteiger partial charge in [0.25, 0.3) is 5.56 Å². The Morgan fingerprint density at radius 3 is 2.78 bits per heavy atom. The van der Waals surface area contributed by atoms with Crippen LogP contribution in [0.5, 0.6) is 0 Å². The molecule has 0 saturated carbocycles. The van der Waals surface area contributed by atoms with Crippen LogP contribution in [0.1, 0.15) is 18.9 Å². The van der Waals surface area contributed by atoms with Gasteiger partial charge in [-0.05, 0) is 31.0 Å². The second-order valence-corrected chi connectivity index (χ2v) is 8.44. The molecule has 164 valence electrons. The van der Waals surface area contributed by atoms with Gasteiger partial charge in [-0.15, -0.1) is 5.92 Å². The first-order valence-corrected chi connectivity index (χ1v) is 11.0. The maximum absolute atomic E-state index is 13.6. The zero-order valence-electron chi connectivity index (χ0n) is 17.8. The molecule has 4 heterocycles. The minimum absolute atomic E-state index is 0.0520. The van der Waals surface area contributed by atoms with E-state index in [1.165, 1.54) is 9.13 Å². The molecule has 1 saturated heterocycles. The van der Waals surface area contributed by atoms with Crippen LogP contribution in [0, 0.1) is 11.8 Å². The van der Waals surface area contributed by atoms with Crippen LogP contribution >= 0.6 is 11.7 Å². The standard InChI is InChI=1S/C21H22N8O2S/c1-3-4-8-28-17-18(23-20(28)27-9-7-14(22)12-27)26(2)21(31)29(19(17)30)11-13-5-6-15-16(10-13)25-32-24-15/h5-6,10,14H,7-9,11-12,22H2,1-2H3/t14-/m1/s1. The molecule has 0 spiro atoms. The third kappa shape index (κ3) is 3.28. The molecule has 0 radical (unpaired) electrons. The fourth-order valence-electron chi connectivity index (χ4n) is 4.13. The van der Waals surface area contributed by atoms with Crippen LogP contribution in [0.4, 0.5) is 5.95 Å². The molecule has 1 aliphatic rings. The lowest BCUT2D eigenvalue weighted by Gasteiger charge is -2.17. The SMILES string of the molecule is CC#CCn1c(N2CC[C@@H](N)C2)nc2c1c(=O)n(Cc1ccc3nsnc3c1)c(=O)n2C. The average molecular weight is 451 g/mol. The van der Waals surface area contributed by atoms with Crippen molar-refractivity contribution in [2.24, 2.45) is 12.8 Å². The summed E-state index contributed by atoms with van der Waals surface area (Å²) in [5.74, 6) is 6.53. The van der Waals surface area contributed by atoms with Crippen LogP contribution in [0.25, 0.3) is 22.2 Å². The Kier molecular flexibility index (Phi) is 5.03. The molecule has 3 aromatic heterocycles. The van der Waals surface area contributed by atoms with Crippen molar-refractivity contribution < 1.29 is 0 Å². The van der Waals surface area contributed by atoms with E-state index in [1.54, 1.807) is 18.5 Å². The summed E-state index contributed by atoms with van der Waals surface area (Å²) in [4.78, 5) is 33.4. The molecule has 11 heteroatoms. The van der Waals surface area contributed by atoms with Gasteiger partial charge in [0.2, 0.25) is 5.95 Å². The van der Waals surface area contributed by atoms with E-state index in [0.29, 0.717) is 30.2 Å². The summed E-state index contributed by atoms with van der Waals surface area (Å²) >= 11 is 1.13. The average Bonchev–Trinajstić information content (AvgIpc) is 3.51. The highest BCUT2D eigenvalue weighted by Gasteiger charge is 2.27. The topological polar surface area (TPSA) is 117 Å². The molecule has 2 N–H and O–H groups in total. The number of hydrogen-bond donors (Lipinski definition) is 1. The Morgan fingerprint density at radius 2 is 2.03 bits per heavy atom. The Hall–Kier alpha value is -3.49. The minimum Gasteiger partial charge on any atom is -0.341 e. The summed E-state index contributed by atoms with van der Waals surface area (Å²) in [7, 11) is 1.64. The highest BCUT2D eigenvalue weighted by molar-refractivity contribution is 7.00. The van der Waals surface area contributed by atoms with E-state index < -0.39 is 5.69 Å². The summed E-state index contributed by atoms with van der Waals surface area (Å²) in [5, 5.41) is 0. The van der Waals surface area contributed by atoms with Crippen LogP contribution in [-0.2, 0) is 20.1 Å². The number of aromatic nitrogens is 6. The first kappa shape index (κ1) is 20.4. The smallest absolute Gasteiger partial charge is 0.332 e. The van der Waals surface area contributed by atoms with Gasteiger partial charge >= 0.3 is 5.69 Å². The molecule has 0 aliphatic carbocycles. The predicted octanol–water partition coefficient (Wildman–Crippen LogP) is 0.510. The van der Waals surface area contributed by atoms with Crippen LogP contribution < -0.4 is 21.9 Å². The van der Waals surface area contributed by atoms with Gasteiger partial charge in [0.15, 0.2) is 11.2 Å². The van der Waals surface area contributed by atoms with Gasteiger partial charge in [-0.2, -0.15) is 13.7 Å². The molecule has 32 heavy (non-hydrogen) atoms. The van der Waals surface area contributed by atoms with Gasteiger partial charge < -0.3 is 10.6 Å². The molecule has 1 atom stereocenters. The van der Waals surface area contributed by atoms with Crippen molar-refractivity contribution >= 4 is 39.9 Å². The normalized spacial score (nSPS) is 16.1. The summed E-state index contributed by atoms with van der Waals surface area (Å²) in [5.41, 5.74) is 8.33. The summed E-state index contributed by atoms with van der Waals surface area (Å²) in [6.07, 6.45) is 0.847. The van der Waals surface area contributed by atoms with Gasteiger partial charge in [-0.3, -0.25) is 18.5 Å². The molecule has 1 fully saturated rings. The monoisotopic (exact) mass is 450 g/mol. The van der Waals surface area contributed by atoms with E-state index in [-0.39, 0.29) is 18.1 Å².